The van der Waals surface area contributed by atoms with Crippen LogP contribution in [0.3, 0.4) is 0 Å². The minimum Gasteiger partial charge on any atom is -0.370 e. The largest absolute Gasteiger partial charge is 0.370 e. The molecule has 0 unspecified atom stereocenters. The fraction of sp³-hybridized carbons (Fsp3) is 0.273. The Balaban J connectivity index is 1.57. The van der Waals surface area contributed by atoms with Gasteiger partial charge in [-0.15, -0.1) is 0 Å². The minimum absolute atomic E-state index is 0.271. The number of hydrogen-bond donors (Lipinski definition) is 1. The molecule has 1 N–H and O–H groups in total. The van der Waals surface area contributed by atoms with Crippen LogP contribution in [0.4, 0.5) is 23.2 Å². The van der Waals surface area contributed by atoms with Gasteiger partial charge in [0.05, 0.1) is 25.0 Å². The van der Waals surface area contributed by atoms with Gasteiger partial charge in [-0.2, -0.15) is 13.9 Å². The lowest BCUT2D eigenvalue weighted by Gasteiger charge is -2.15. The Hall–Kier alpha value is -3.20. The summed E-state index contributed by atoms with van der Waals surface area (Å²) >= 11 is 0. The number of aryl methyl sites for hydroxylation is 1. The first kappa shape index (κ1) is 22.5. The highest BCUT2D eigenvalue weighted by molar-refractivity contribution is 6.04. The molecule has 0 aliphatic heterocycles. The highest BCUT2D eigenvalue weighted by atomic mass is 19.3. The van der Waals surface area contributed by atoms with Crippen molar-refractivity contribution in [3.63, 3.8) is 0 Å². The van der Waals surface area contributed by atoms with Crippen molar-refractivity contribution >= 4 is 11.6 Å². The van der Waals surface area contributed by atoms with E-state index in [0.29, 0.717) is 17.8 Å². The number of aromatic nitrogens is 2. The predicted molar refractivity (Wildman–Crippen MR) is 108 cm³/mol. The Labute approximate surface area is 176 Å². The zero-order valence-corrected chi connectivity index (χ0v) is 16.7. The topological polar surface area (TPSA) is 56.2 Å². The van der Waals surface area contributed by atoms with Crippen LogP contribution in [0.25, 0.3) is 0 Å². The normalized spacial score (nSPS) is 11.7. The first-order valence-electron chi connectivity index (χ1n) is 9.45. The van der Waals surface area contributed by atoms with Gasteiger partial charge >= 0.3 is 12.3 Å². The van der Waals surface area contributed by atoms with Crippen LogP contribution in [-0.2, 0) is 17.9 Å². The summed E-state index contributed by atoms with van der Waals surface area (Å²) in [5.41, 5.74) is 3.39. The van der Waals surface area contributed by atoms with Crippen LogP contribution in [-0.4, -0.2) is 34.6 Å². The molecule has 0 aliphatic carbocycles. The van der Waals surface area contributed by atoms with Gasteiger partial charge in [0.1, 0.15) is 6.61 Å². The standard InChI is InChI=1S/C22H21F4N3O2/c1-15-4-2-5-16(8-15)11-29-12-19(10-27-29)28-20(30)18-7-3-6-17(9-18)13-31-14-22(25,26)21(23)24/h2-10,12,21H,11,13-14H2,1H3,(H,28,30). The van der Waals surface area contributed by atoms with Crippen molar-refractivity contribution in [2.75, 3.05) is 11.9 Å². The number of hydrogen-bond acceptors (Lipinski definition) is 3. The number of nitrogens with one attached hydrogen (secondary N) is 1. The molecule has 164 valence electrons. The highest BCUT2D eigenvalue weighted by Gasteiger charge is 2.40. The van der Waals surface area contributed by atoms with Gasteiger partial charge in [-0.25, -0.2) is 8.78 Å². The van der Waals surface area contributed by atoms with Crippen LogP contribution in [0, 0.1) is 6.92 Å². The third kappa shape index (κ3) is 6.39. The van der Waals surface area contributed by atoms with Crippen LogP contribution in [0.1, 0.15) is 27.0 Å². The maximum absolute atomic E-state index is 12.9. The van der Waals surface area contributed by atoms with E-state index in [-0.39, 0.29) is 12.2 Å². The molecular weight excluding hydrogens is 414 g/mol. The Kier molecular flexibility index (Phi) is 7.06. The summed E-state index contributed by atoms with van der Waals surface area (Å²) in [6.07, 6.45) is -0.580. The van der Waals surface area contributed by atoms with E-state index in [9.17, 15) is 22.4 Å². The molecule has 31 heavy (non-hydrogen) atoms. The summed E-state index contributed by atoms with van der Waals surface area (Å²) in [6, 6.07) is 14.1. The molecule has 1 amide bonds. The highest BCUT2D eigenvalue weighted by Crippen LogP contribution is 2.23. The van der Waals surface area contributed by atoms with E-state index in [1.807, 2.05) is 31.2 Å². The zero-order valence-electron chi connectivity index (χ0n) is 16.7. The van der Waals surface area contributed by atoms with E-state index in [0.717, 1.165) is 11.1 Å². The fourth-order valence-corrected chi connectivity index (χ4v) is 2.89. The molecule has 0 saturated carbocycles. The maximum Gasteiger partial charge on any atom is 0.330 e. The molecule has 0 aliphatic rings. The van der Waals surface area contributed by atoms with Gasteiger partial charge in [-0.05, 0) is 30.2 Å². The number of ether oxygens (including phenoxy) is 1. The molecule has 0 radical (unpaired) electrons. The summed E-state index contributed by atoms with van der Waals surface area (Å²) in [6.45, 7) is 0.828. The molecule has 0 spiro atoms. The van der Waals surface area contributed by atoms with Crippen molar-refractivity contribution in [2.45, 2.75) is 32.4 Å². The molecule has 3 rings (SSSR count). The Bertz CT molecular complexity index is 1040. The second kappa shape index (κ2) is 9.74. The number of carbonyl (C=O) groups excluding carboxylic acids is 1. The van der Waals surface area contributed by atoms with Crippen molar-refractivity contribution < 1.29 is 27.1 Å². The summed E-state index contributed by atoms with van der Waals surface area (Å²) < 4.78 is 56.5. The van der Waals surface area contributed by atoms with E-state index >= 15 is 0 Å². The maximum atomic E-state index is 12.9. The predicted octanol–water partition coefficient (Wildman–Crippen LogP) is 4.91. The van der Waals surface area contributed by atoms with E-state index in [1.54, 1.807) is 29.1 Å². The number of amides is 1. The number of benzene rings is 2. The number of nitrogens with zero attached hydrogens (tertiary/aromatic N) is 2. The number of anilines is 1. The van der Waals surface area contributed by atoms with Gasteiger partial charge < -0.3 is 10.1 Å². The Morgan fingerprint density at radius 2 is 1.90 bits per heavy atom. The lowest BCUT2D eigenvalue weighted by atomic mass is 10.1. The monoisotopic (exact) mass is 435 g/mol. The first-order chi connectivity index (χ1) is 14.7. The zero-order chi connectivity index (χ0) is 22.4. The number of halogens is 4. The third-order valence-corrected chi connectivity index (χ3v) is 4.39. The van der Waals surface area contributed by atoms with Crippen molar-refractivity contribution in [3.05, 3.63) is 83.2 Å². The van der Waals surface area contributed by atoms with E-state index < -0.39 is 24.9 Å². The molecule has 0 fully saturated rings. The minimum atomic E-state index is -4.21. The van der Waals surface area contributed by atoms with Crippen molar-refractivity contribution in [1.29, 1.82) is 0 Å². The van der Waals surface area contributed by atoms with E-state index in [2.05, 4.69) is 10.4 Å². The van der Waals surface area contributed by atoms with Crippen molar-refractivity contribution in [3.8, 4) is 0 Å². The molecular formula is C22H21F4N3O2. The Morgan fingerprint density at radius 3 is 2.65 bits per heavy atom. The van der Waals surface area contributed by atoms with Crippen LogP contribution in [0.2, 0.25) is 0 Å². The van der Waals surface area contributed by atoms with Gasteiger partial charge in [0.25, 0.3) is 5.91 Å². The molecule has 2 aromatic carbocycles. The molecule has 5 nitrogen and oxygen atoms in total. The molecule has 3 aromatic rings. The average Bonchev–Trinajstić information content (AvgIpc) is 3.14. The Morgan fingerprint density at radius 1 is 1.16 bits per heavy atom. The fourth-order valence-electron chi connectivity index (χ4n) is 2.89. The number of alkyl halides is 4. The second-order valence-electron chi connectivity index (χ2n) is 7.12. The molecule has 1 aromatic heterocycles. The average molecular weight is 435 g/mol. The number of rotatable bonds is 9. The van der Waals surface area contributed by atoms with Crippen molar-refractivity contribution in [1.82, 2.24) is 9.78 Å². The third-order valence-electron chi connectivity index (χ3n) is 4.39. The molecule has 0 bridgehead atoms. The van der Waals surface area contributed by atoms with Crippen LogP contribution in [0.15, 0.2) is 60.9 Å². The smallest absolute Gasteiger partial charge is 0.330 e. The molecule has 0 atom stereocenters. The van der Waals surface area contributed by atoms with Crippen LogP contribution >= 0.6 is 0 Å². The SMILES string of the molecule is Cc1cccc(Cn2cc(NC(=O)c3cccc(COCC(F)(F)C(F)F)c3)cn2)c1. The van der Waals surface area contributed by atoms with Crippen molar-refractivity contribution in [2.24, 2.45) is 0 Å². The van der Waals surface area contributed by atoms with E-state index in [1.165, 1.54) is 12.3 Å². The van der Waals surface area contributed by atoms with Gasteiger partial charge in [-0.1, -0.05) is 42.0 Å². The summed E-state index contributed by atoms with van der Waals surface area (Å²) in [7, 11) is 0. The second-order valence-corrected chi connectivity index (χ2v) is 7.12. The first-order valence-corrected chi connectivity index (χ1v) is 9.45. The van der Waals surface area contributed by atoms with Gasteiger partial charge in [-0.3, -0.25) is 9.48 Å². The van der Waals surface area contributed by atoms with Crippen LogP contribution in [0.5, 0.6) is 0 Å². The van der Waals surface area contributed by atoms with Gasteiger partial charge in [0.15, 0.2) is 0 Å². The summed E-state index contributed by atoms with van der Waals surface area (Å²) in [4.78, 5) is 12.5. The van der Waals surface area contributed by atoms with E-state index in [4.69, 9.17) is 4.74 Å². The lowest BCUT2D eigenvalue weighted by molar-refractivity contribution is -0.168. The number of carbonyl (C=O) groups is 1. The van der Waals surface area contributed by atoms with Gasteiger partial charge in [0.2, 0.25) is 0 Å². The molecule has 0 saturated heterocycles. The summed E-state index contributed by atoms with van der Waals surface area (Å²) in [5, 5.41) is 6.95. The van der Waals surface area contributed by atoms with Gasteiger partial charge in [0, 0.05) is 11.8 Å². The summed E-state index contributed by atoms with van der Waals surface area (Å²) in [5.74, 6) is -4.64. The molecule has 9 heteroatoms. The lowest BCUT2D eigenvalue weighted by Crippen LogP contribution is -2.32. The molecule has 1 heterocycles. The van der Waals surface area contributed by atoms with Crippen LogP contribution < -0.4 is 5.32 Å². The quantitative estimate of drug-likeness (QED) is 0.486.